The number of rotatable bonds is 5. The molecule has 1 N–H and O–H groups in total. The van der Waals surface area contributed by atoms with Gasteiger partial charge in [0.15, 0.2) is 0 Å². The third kappa shape index (κ3) is 2.70. The topological polar surface area (TPSA) is 24.9 Å². The first-order valence-electron chi connectivity index (χ1n) is 6.84. The highest BCUT2D eigenvalue weighted by atomic mass is 14.9. The van der Waals surface area contributed by atoms with Crippen LogP contribution in [-0.2, 0) is 0 Å². The summed E-state index contributed by atoms with van der Waals surface area (Å²) in [6.07, 6.45) is 3.04. The van der Waals surface area contributed by atoms with Gasteiger partial charge in [-0.2, -0.15) is 0 Å². The Kier molecular flexibility index (Phi) is 4.32. The molecule has 0 spiro atoms. The summed E-state index contributed by atoms with van der Waals surface area (Å²) in [6, 6.07) is 11.1. The maximum Gasteiger partial charge on any atom is 0.0705 e. The van der Waals surface area contributed by atoms with Crippen molar-refractivity contribution in [3.05, 3.63) is 42.1 Å². The van der Waals surface area contributed by atoms with Gasteiger partial charge in [0.1, 0.15) is 0 Å². The van der Waals surface area contributed by atoms with Crippen molar-refractivity contribution in [3.63, 3.8) is 0 Å². The van der Waals surface area contributed by atoms with Crippen molar-refractivity contribution in [2.24, 2.45) is 5.92 Å². The van der Waals surface area contributed by atoms with Gasteiger partial charge >= 0.3 is 0 Å². The largest absolute Gasteiger partial charge is 0.310 e. The molecule has 2 unspecified atom stereocenters. The lowest BCUT2D eigenvalue weighted by Gasteiger charge is -2.24. The van der Waals surface area contributed by atoms with Crippen LogP contribution in [0.4, 0.5) is 0 Å². The predicted molar refractivity (Wildman–Crippen MR) is 77.6 cm³/mol. The van der Waals surface area contributed by atoms with Crippen molar-refractivity contribution in [2.75, 3.05) is 6.54 Å². The van der Waals surface area contributed by atoms with E-state index in [2.05, 4.69) is 55.3 Å². The van der Waals surface area contributed by atoms with E-state index in [0.717, 1.165) is 12.1 Å². The molecule has 2 rings (SSSR count). The Labute approximate surface area is 109 Å². The highest BCUT2D eigenvalue weighted by Gasteiger charge is 2.17. The Hall–Kier alpha value is -1.41. The third-order valence-electron chi connectivity index (χ3n) is 3.63. The summed E-state index contributed by atoms with van der Waals surface area (Å²) in [5.41, 5.74) is 2.43. The van der Waals surface area contributed by atoms with E-state index >= 15 is 0 Å². The summed E-state index contributed by atoms with van der Waals surface area (Å²) in [6.45, 7) is 7.70. The molecule has 0 bridgehead atoms. The molecule has 0 aliphatic heterocycles. The number of hydrogen-bond donors (Lipinski definition) is 1. The molecule has 0 aliphatic rings. The van der Waals surface area contributed by atoms with Gasteiger partial charge in [-0.3, -0.25) is 4.98 Å². The first-order chi connectivity index (χ1) is 8.76. The van der Waals surface area contributed by atoms with Crippen LogP contribution in [0.15, 0.2) is 36.5 Å². The van der Waals surface area contributed by atoms with E-state index in [9.17, 15) is 0 Å². The molecule has 0 aliphatic carbocycles. The van der Waals surface area contributed by atoms with Crippen LogP contribution in [0.3, 0.4) is 0 Å². The normalized spacial score (nSPS) is 14.6. The van der Waals surface area contributed by atoms with Crippen molar-refractivity contribution in [1.82, 2.24) is 10.3 Å². The van der Waals surface area contributed by atoms with Crippen molar-refractivity contribution in [3.8, 4) is 0 Å². The zero-order valence-corrected chi connectivity index (χ0v) is 11.5. The van der Waals surface area contributed by atoms with Crippen LogP contribution in [0.1, 0.15) is 38.8 Å². The molecule has 96 valence electrons. The Morgan fingerprint density at radius 2 is 2.06 bits per heavy atom. The van der Waals surface area contributed by atoms with Gasteiger partial charge in [0, 0.05) is 17.6 Å². The van der Waals surface area contributed by atoms with Gasteiger partial charge < -0.3 is 5.32 Å². The number of pyridine rings is 1. The molecule has 1 aromatic carbocycles. The summed E-state index contributed by atoms with van der Waals surface area (Å²) >= 11 is 0. The van der Waals surface area contributed by atoms with Crippen LogP contribution < -0.4 is 5.32 Å². The lowest BCUT2D eigenvalue weighted by atomic mass is 9.92. The number of benzene rings is 1. The number of aromatic nitrogens is 1. The van der Waals surface area contributed by atoms with E-state index in [0.29, 0.717) is 12.0 Å². The summed E-state index contributed by atoms with van der Waals surface area (Å²) in [5.74, 6) is 0.631. The Bertz CT molecular complexity index is 507. The van der Waals surface area contributed by atoms with Crippen LogP contribution in [0, 0.1) is 5.92 Å². The second kappa shape index (κ2) is 5.96. The van der Waals surface area contributed by atoms with Crippen LogP contribution in [0.5, 0.6) is 0 Å². The lowest BCUT2D eigenvalue weighted by Crippen LogP contribution is -2.26. The molecular weight excluding hydrogens is 220 g/mol. The minimum Gasteiger partial charge on any atom is -0.310 e. The summed E-state index contributed by atoms with van der Waals surface area (Å²) in [4.78, 5) is 4.44. The van der Waals surface area contributed by atoms with E-state index in [1.165, 1.54) is 17.4 Å². The maximum absolute atomic E-state index is 4.44. The Morgan fingerprint density at radius 3 is 2.78 bits per heavy atom. The molecule has 2 aromatic rings. The molecule has 0 fully saturated rings. The highest BCUT2D eigenvalue weighted by Crippen LogP contribution is 2.26. The van der Waals surface area contributed by atoms with Gasteiger partial charge in [0.2, 0.25) is 0 Å². The van der Waals surface area contributed by atoms with Gasteiger partial charge in [-0.15, -0.1) is 0 Å². The minimum atomic E-state index is 0.423. The zero-order valence-electron chi connectivity index (χ0n) is 11.5. The fourth-order valence-electron chi connectivity index (χ4n) is 2.38. The second-order valence-corrected chi connectivity index (χ2v) is 4.88. The Morgan fingerprint density at radius 1 is 1.22 bits per heavy atom. The fourth-order valence-corrected chi connectivity index (χ4v) is 2.38. The van der Waals surface area contributed by atoms with Crippen LogP contribution in [0.25, 0.3) is 10.9 Å². The number of nitrogens with one attached hydrogen (secondary N) is 1. The SMILES string of the molecule is CCNC(c1ccc2cccnc2c1)C(C)CC. The Balaban J connectivity index is 2.37. The third-order valence-corrected chi connectivity index (χ3v) is 3.63. The second-order valence-electron chi connectivity index (χ2n) is 4.88. The summed E-state index contributed by atoms with van der Waals surface area (Å²) < 4.78 is 0. The standard InChI is InChI=1S/C16H22N2/c1-4-12(3)16(17-5-2)14-9-8-13-7-6-10-18-15(13)11-14/h6-12,16-17H,4-5H2,1-3H3. The average Bonchev–Trinajstić information content (AvgIpc) is 2.43. The first kappa shape index (κ1) is 13.0. The molecule has 1 heterocycles. The van der Waals surface area contributed by atoms with Crippen molar-refractivity contribution in [2.45, 2.75) is 33.2 Å². The zero-order chi connectivity index (χ0) is 13.0. The van der Waals surface area contributed by atoms with Crippen LogP contribution in [-0.4, -0.2) is 11.5 Å². The summed E-state index contributed by atoms with van der Waals surface area (Å²) in [5, 5.41) is 4.80. The fraction of sp³-hybridized carbons (Fsp3) is 0.438. The lowest BCUT2D eigenvalue weighted by molar-refractivity contribution is 0.384. The quantitative estimate of drug-likeness (QED) is 0.859. The van der Waals surface area contributed by atoms with E-state index in [-0.39, 0.29) is 0 Å². The molecule has 0 radical (unpaired) electrons. The van der Waals surface area contributed by atoms with E-state index in [1.807, 2.05) is 12.3 Å². The molecule has 2 atom stereocenters. The van der Waals surface area contributed by atoms with Crippen molar-refractivity contribution < 1.29 is 0 Å². The molecule has 0 saturated carbocycles. The van der Waals surface area contributed by atoms with Gasteiger partial charge in [-0.25, -0.2) is 0 Å². The van der Waals surface area contributed by atoms with E-state index < -0.39 is 0 Å². The van der Waals surface area contributed by atoms with Crippen LogP contribution >= 0.6 is 0 Å². The molecule has 2 nitrogen and oxygen atoms in total. The molecule has 1 aromatic heterocycles. The van der Waals surface area contributed by atoms with Gasteiger partial charge in [-0.1, -0.05) is 45.4 Å². The van der Waals surface area contributed by atoms with Crippen LogP contribution in [0.2, 0.25) is 0 Å². The highest BCUT2D eigenvalue weighted by molar-refractivity contribution is 5.78. The number of fused-ring (bicyclic) bond motifs is 1. The first-order valence-corrected chi connectivity index (χ1v) is 6.84. The van der Waals surface area contributed by atoms with Gasteiger partial charge in [0.05, 0.1) is 5.52 Å². The molecule has 0 amide bonds. The smallest absolute Gasteiger partial charge is 0.0705 e. The minimum absolute atomic E-state index is 0.423. The van der Waals surface area contributed by atoms with Crippen molar-refractivity contribution in [1.29, 1.82) is 0 Å². The van der Waals surface area contributed by atoms with Gasteiger partial charge in [0.25, 0.3) is 0 Å². The maximum atomic E-state index is 4.44. The monoisotopic (exact) mass is 242 g/mol. The average molecular weight is 242 g/mol. The number of nitrogens with zero attached hydrogens (tertiary/aromatic N) is 1. The summed E-state index contributed by atoms with van der Waals surface area (Å²) in [7, 11) is 0. The van der Waals surface area contributed by atoms with E-state index in [1.54, 1.807) is 0 Å². The molecule has 2 heteroatoms. The number of hydrogen-bond acceptors (Lipinski definition) is 2. The molecular formula is C16H22N2. The predicted octanol–water partition coefficient (Wildman–Crippen LogP) is 3.93. The molecule has 0 saturated heterocycles. The molecule has 18 heavy (non-hydrogen) atoms. The van der Waals surface area contributed by atoms with Crippen molar-refractivity contribution >= 4 is 10.9 Å². The van der Waals surface area contributed by atoms with E-state index in [4.69, 9.17) is 0 Å². The van der Waals surface area contributed by atoms with Gasteiger partial charge in [-0.05, 0) is 30.2 Å².